The molecular formula is C14H17NO2. The molecule has 1 heterocycles. The molecule has 3 heteroatoms. The molecule has 0 saturated carbocycles. The second-order valence-electron chi connectivity index (χ2n) is 4.10. The van der Waals surface area contributed by atoms with E-state index < -0.39 is 0 Å². The lowest BCUT2D eigenvalue weighted by Gasteiger charge is -2.10. The van der Waals surface area contributed by atoms with Crippen molar-refractivity contribution in [3.63, 3.8) is 0 Å². The average Bonchev–Trinajstić information content (AvgIpc) is 2.82. The highest BCUT2D eigenvalue weighted by Crippen LogP contribution is 2.14. The van der Waals surface area contributed by atoms with Gasteiger partial charge in [0.05, 0.1) is 13.4 Å². The SMILES string of the molecule is COc1cccc(CC(N)Cc2ccco2)c1. The summed E-state index contributed by atoms with van der Waals surface area (Å²) in [5, 5.41) is 0. The van der Waals surface area contributed by atoms with Crippen molar-refractivity contribution >= 4 is 0 Å². The van der Waals surface area contributed by atoms with Crippen LogP contribution in [-0.2, 0) is 12.8 Å². The van der Waals surface area contributed by atoms with E-state index in [-0.39, 0.29) is 6.04 Å². The molecule has 0 saturated heterocycles. The van der Waals surface area contributed by atoms with E-state index in [2.05, 4.69) is 6.07 Å². The highest BCUT2D eigenvalue weighted by Gasteiger charge is 2.07. The minimum absolute atomic E-state index is 0.0632. The first-order chi connectivity index (χ1) is 8.28. The molecule has 0 bridgehead atoms. The van der Waals surface area contributed by atoms with Gasteiger partial charge in [0.15, 0.2) is 0 Å². The average molecular weight is 231 g/mol. The minimum atomic E-state index is 0.0632. The van der Waals surface area contributed by atoms with Crippen molar-refractivity contribution in [1.82, 2.24) is 0 Å². The van der Waals surface area contributed by atoms with Crippen LogP contribution in [0.15, 0.2) is 47.1 Å². The summed E-state index contributed by atoms with van der Waals surface area (Å²) in [7, 11) is 1.67. The van der Waals surface area contributed by atoms with Gasteiger partial charge in [-0.25, -0.2) is 0 Å². The Balaban J connectivity index is 1.95. The highest BCUT2D eigenvalue weighted by molar-refractivity contribution is 5.29. The molecule has 2 rings (SSSR count). The van der Waals surface area contributed by atoms with Gasteiger partial charge in [-0.2, -0.15) is 0 Å². The zero-order valence-corrected chi connectivity index (χ0v) is 9.93. The monoisotopic (exact) mass is 231 g/mol. The fourth-order valence-electron chi connectivity index (χ4n) is 1.86. The van der Waals surface area contributed by atoms with Gasteiger partial charge in [-0.3, -0.25) is 0 Å². The van der Waals surface area contributed by atoms with Crippen LogP contribution in [0, 0.1) is 0 Å². The summed E-state index contributed by atoms with van der Waals surface area (Å²) in [6.07, 6.45) is 3.25. The largest absolute Gasteiger partial charge is 0.497 e. The van der Waals surface area contributed by atoms with E-state index in [1.807, 2.05) is 30.3 Å². The molecule has 1 aromatic heterocycles. The summed E-state index contributed by atoms with van der Waals surface area (Å²) >= 11 is 0. The third-order valence-electron chi connectivity index (χ3n) is 2.68. The van der Waals surface area contributed by atoms with E-state index in [0.29, 0.717) is 0 Å². The molecule has 0 aliphatic carbocycles. The van der Waals surface area contributed by atoms with Crippen molar-refractivity contribution in [3.8, 4) is 5.75 Å². The molecule has 1 aromatic carbocycles. The van der Waals surface area contributed by atoms with Gasteiger partial charge in [0.1, 0.15) is 11.5 Å². The van der Waals surface area contributed by atoms with Gasteiger partial charge >= 0.3 is 0 Å². The van der Waals surface area contributed by atoms with Crippen LogP contribution in [0.1, 0.15) is 11.3 Å². The van der Waals surface area contributed by atoms with Crippen molar-refractivity contribution < 1.29 is 9.15 Å². The first-order valence-electron chi connectivity index (χ1n) is 5.69. The van der Waals surface area contributed by atoms with E-state index in [9.17, 15) is 0 Å². The summed E-state index contributed by atoms with van der Waals surface area (Å²) < 4.78 is 10.5. The first kappa shape index (κ1) is 11.7. The Hall–Kier alpha value is -1.74. The number of benzene rings is 1. The van der Waals surface area contributed by atoms with E-state index in [1.54, 1.807) is 13.4 Å². The molecule has 2 aromatic rings. The Bertz CT molecular complexity index is 451. The van der Waals surface area contributed by atoms with Crippen molar-refractivity contribution in [3.05, 3.63) is 54.0 Å². The van der Waals surface area contributed by atoms with E-state index in [4.69, 9.17) is 14.9 Å². The van der Waals surface area contributed by atoms with Crippen LogP contribution in [0.5, 0.6) is 5.75 Å². The van der Waals surface area contributed by atoms with Crippen molar-refractivity contribution in [1.29, 1.82) is 0 Å². The third-order valence-corrected chi connectivity index (χ3v) is 2.68. The summed E-state index contributed by atoms with van der Waals surface area (Å²) in [6, 6.07) is 11.9. The molecule has 90 valence electrons. The Morgan fingerprint density at radius 2 is 2.12 bits per heavy atom. The summed E-state index contributed by atoms with van der Waals surface area (Å²) in [4.78, 5) is 0. The number of rotatable bonds is 5. The maximum atomic E-state index is 6.09. The van der Waals surface area contributed by atoms with Gasteiger partial charge in [0.25, 0.3) is 0 Å². The second kappa shape index (κ2) is 5.55. The molecule has 2 N–H and O–H groups in total. The van der Waals surface area contributed by atoms with Gasteiger partial charge in [-0.05, 0) is 36.2 Å². The lowest BCUT2D eigenvalue weighted by Crippen LogP contribution is -2.25. The van der Waals surface area contributed by atoms with Crippen LogP contribution in [0.4, 0.5) is 0 Å². The predicted molar refractivity (Wildman–Crippen MR) is 67.1 cm³/mol. The second-order valence-corrected chi connectivity index (χ2v) is 4.10. The molecule has 0 aliphatic rings. The standard InChI is InChI=1S/C14H17NO2/c1-16-13-5-2-4-11(9-13)8-12(15)10-14-6-3-7-17-14/h2-7,9,12H,8,10,15H2,1H3. The van der Waals surface area contributed by atoms with Crippen molar-refractivity contribution in [2.75, 3.05) is 7.11 Å². The maximum absolute atomic E-state index is 6.09. The fraction of sp³-hybridized carbons (Fsp3) is 0.286. The van der Waals surface area contributed by atoms with Crippen LogP contribution in [0.3, 0.4) is 0 Å². The Labute approximate surface area is 101 Å². The molecule has 1 atom stereocenters. The summed E-state index contributed by atoms with van der Waals surface area (Å²) in [5.74, 6) is 1.80. The van der Waals surface area contributed by atoms with E-state index in [1.165, 1.54) is 5.56 Å². The summed E-state index contributed by atoms with van der Waals surface area (Å²) in [5.41, 5.74) is 7.27. The molecule has 1 unspecified atom stereocenters. The number of hydrogen-bond donors (Lipinski definition) is 1. The third kappa shape index (κ3) is 3.36. The lowest BCUT2D eigenvalue weighted by atomic mass is 10.0. The smallest absolute Gasteiger partial charge is 0.119 e. The summed E-state index contributed by atoms with van der Waals surface area (Å²) in [6.45, 7) is 0. The number of methoxy groups -OCH3 is 1. The van der Waals surface area contributed by atoms with Crippen molar-refractivity contribution in [2.45, 2.75) is 18.9 Å². The van der Waals surface area contributed by atoms with Gasteiger partial charge in [0, 0.05) is 12.5 Å². The zero-order valence-electron chi connectivity index (χ0n) is 9.93. The quantitative estimate of drug-likeness (QED) is 0.859. The maximum Gasteiger partial charge on any atom is 0.119 e. The van der Waals surface area contributed by atoms with E-state index in [0.717, 1.165) is 24.4 Å². The number of nitrogens with two attached hydrogens (primary N) is 1. The van der Waals surface area contributed by atoms with Gasteiger partial charge in [0.2, 0.25) is 0 Å². The fourth-order valence-corrected chi connectivity index (χ4v) is 1.86. The minimum Gasteiger partial charge on any atom is -0.497 e. The molecular weight excluding hydrogens is 214 g/mol. The molecule has 0 radical (unpaired) electrons. The molecule has 0 aliphatic heterocycles. The lowest BCUT2D eigenvalue weighted by molar-refractivity contribution is 0.414. The number of ether oxygens (including phenoxy) is 1. The molecule has 3 nitrogen and oxygen atoms in total. The van der Waals surface area contributed by atoms with Crippen LogP contribution in [0.2, 0.25) is 0 Å². The van der Waals surface area contributed by atoms with Gasteiger partial charge in [-0.1, -0.05) is 12.1 Å². The topological polar surface area (TPSA) is 48.4 Å². The Kier molecular flexibility index (Phi) is 3.83. The normalized spacial score (nSPS) is 12.4. The molecule has 17 heavy (non-hydrogen) atoms. The molecule has 0 fully saturated rings. The van der Waals surface area contributed by atoms with Crippen LogP contribution < -0.4 is 10.5 Å². The highest BCUT2D eigenvalue weighted by atomic mass is 16.5. The Morgan fingerprint density at radius 3 is 2.82 bits per heavy atom. The van der Waals surface area contributed by atoms with Crippen LogP contribution in [-0.4, -0.2) is 13.2 Å². The van der Waals surface area contributed by atoms with Gasteiger partial charge in [-0.15, -0.1) is 0 Å². The Morgan fingerprint density at radius 1 is 1.24 bits per heavy atom. The van der Waals surface area contributed by atoms with Crippen LogP contribution >= 0.6 is 0 Å². The van der Waals surface area contributed by atoms with E-state index >= 15 is 0 Å². The predicted octanol–water partition coefficient (Wildman–Crippen LogP) is 2.40. The molecule has 0 amide bonds. The van der Waals surface area contributed by atoms with Crippen LogP contribution in [0.25, 0.3) is 0 Å². The van der Waals surface area contributed by atoms with Gasteiger partial charge < -0.3 is 14.9 Å². The van der Waals surface area contributed by atoms with Crippen molar-refractivity contribution in [2.24, 2.45) is 5.73 Å². The number of furan rings is 1. The zero-order chi connectivity index (χ0) is 12.1. The molecule has 0 spiro atoms. The first-order valence-corrected chi connectivity index (χ1v) is 5.69. The number of hydrogen-bond acceptors (Lipinski definition) is 3.